The topological polar surface area (TPSA) is 30.8 Å². The van der Waals surface area contributed by atoms with Crippen molar-refractivity contribution in [3.8, 4) is 11.5 Å². The Bertz CT molecular complexity index is 663. The third-order valence-electron chi connectivity index (χ3n) is 3.07. The van der Waals surface area contributed by atoms with Gasteiger partial charge in [-0.1, -0.05) is 24.3 Å². The molecule has 0 saturated carbocycles. The largest absolute Gasteiger partial charge is 0.493 e. The lowest BCUT2D eigenvalue weighted by Gasteiger charge is -2.07. The molecule has 0 heterocycles. The van der Waals surface area contributed by atoms with Gasteiger partial charge in [-0.25, -0.2) is 4.39 Å². The van der Waals surface area contributed by atoms with Gasteiger partial charge in [0.15, 0.2) is 11.5 Å². The van der Waals surface area contributed by atoms with Crippen molar-refractivity contribution < 1.29 is 13.9 Å². The summed E-state index contributed by atoms with van der Waals surface area (Å²) in [6.07, 6.45) is 5.50. The fraction of sp³-hybridized carbons (Fsp3) is 0.167. The van der Waals surface area contributed by atoms with E-state index in [0.29, 0.717) is 18.0 Å². The molecule has 0 aliphatic rings. The van der Waals surface area contributed by atoms with E-state index in [2.05, 4.69) is 4.99 Å². The Hall–Kier alpha value is -2.62. The van der Waals surface area contributed by atoms with Crippen molar-refractivity contribution in [3.05, 3.63) is 65.5 Å². The predicted octanol–water partition coefficient (Wildman–Crippen LogP) is 4.13. The number of rotatable bonds is 6. The van der Waals surface area contributed by atoms with Gasteiger partial charge in [0.1, 0.15) is 5.82 Å². The molecule has 2 aromatic carbocycles. The van der Waals surface area contributed by atoms with Crippen LogP contribution in [0.15, 0.2) is 53.5 Å². The Morgan fingerprint density at radius 2 is 1.73 bits per heavy atom. The van der Waals surface area contributed by atoms with Crippen LogP contribution in [0, 0.1) is 5.82 Å². The molecular formula is C18H18FNO2. The van der Waals surface area contributed by atoms with Crippen LogP contribution >= 0.6 is 0 Å². The second kappa shape index (κ2) is 7.98. The van der Waals surface area contributed by atoms with Gasteiger partial charge >= 0.3 is 0 Å². The molecule has 0 atom stereocenters. The van der Waals surface area contributed by atoms with Crippen molar-refractivity contribution in [2.45, 2.75) is 6.54 Å². The van der Waals surface area contributed by atoms with Crippen molar-refractivity contribution in [1.82, 2.24) is 0 Å². The molecule has 0 bridgehead atoms. The number of methoxy groups -OCH3 is 2. The first-order valence-corrected chi connectivity index (χ1v) is 6.86. The quantitative estimate of drug-likeness (QED) is 0.751. The van der Waals surface area contributed by atoms with Crippen molar-refractivity contribution in [2.75, 3.05) is 14.2 Å². The molecule has 0 aliphatic carbocycles. The maximum absolute atomic E-state index is 12.8. The standard InChI is InChI=1S/C18H18FNO2/c1-21-17-10-7-14(12-18(17)22-2)4-3-11-20-13-15-5-8-16(19)9-6-15/h3-12H,13H2,1-2H3. The van der Waals surface area contributed by atoms with Gasteiger partial charge in [-0.05, 0) is 41.5 Å². The zero-order chi connectivity index (χ0) is 15.8. The molecule has 2 aromatic rings. The molecule has 22 heavy (non-hydrogen) atoms. The molecule has 4 heteroatoms. The highest BCUT2D eigenvalue weighted by Crippen LogP contribution is 2.27. The maximum Gasteiger partial charge on any atom is 0.161 e. The fourth-order valence-corrected chi connectivity index (χ4v) is 1.92. The average molecular weight is 299 g/mol. The number of allylic oxidation sites excluding steroid dienone is 1. The van der Waals surface area contributed by atoms with E-state index in [1.165, 1.54) is 12.1 Å². The van der Waals surface area contributed by atoms with Gasteiger partial charge in [0.2, 0.25) is 0 Å². The van der Waals surface area contributed by atoms with Crippen molar-refractivity contribution in [1.29, 1.82) is 0 Å². The number of nitrogens with zero attached hydrogens (tertiary/aromatic N) is 1. The van der Waals surface area contributed by atoms with Gasteiger partial charge in [-0.3, -0.25) is 4.99 Å². The normalized spacial score (nSPS) is 11.2. The molecule has 0 aromatic heterocycles. The first kappa shape index (κ1) is 15.8. The fourth-order valence-electron chi connectivity index (χ4n) is 1.92. The highest BCUT2D eigenvalue weighted by molar-refractivity contribution is 5.78. The summed E-state index contributed by atoms with van der Waals surface area (Å²) in [6, 6.07) is 12.0. The molecule has 0 radical (unpaired) electrons. The lowest BCUT2D eigenvalue weighted by atomic mass is 10.2. The molecule has 3 nitrogen and oxygen atoms in total. The van der Waals surface area contributed by atoms with Gasteiger partial charge in [0, 0.05) is 6.21 Å². The molecule has 0 amide bonds. The van der Waals surface area contributed by atoms with Gasteiger partial charge < -0.3 is 9.47 Å². The number of hydrogen-bond acceptors (Lipinski definition) is 3. The summed E-state index contributed by atoms with van der Waals surface area (Å²) >= 11 is 0. The predicted molar refractivity (Wildman–Crippen MR) is 87.2 cm³/mol. The molecule has 2 rings (SSSR count). The third-order valence-corrected chi connectivity index (χ3v) is 3.07. The summed E-state index contributed by atoms with van der Waals surface area (Å²) in [7, 11) is 3.21. The van der Waals surface area contributed by atoms with Crippen molar-refractivity contribution in [3.63, 3.8) is 0 Å². The van der Waals surface area contributed by atoms with Crippen LogP contribution in [0.25, 0.3) is 6.08 Å². The molecule has 0 unspecified atom stereocenters. The second-order valence-corrected chi connectivity index (χ2v) is 4.59. The third kappa shape index (κ3) is 4.45. The highest BCUT2D eigenvalue weighted by Gasteiger charge is 2.02. The van der Waals surface area contributed by atoms with Crippen LogP contribution < -0.4 is 9.47 Å². The summed E-state index contributed by atoms with van der Waals surface area (Å²) in [6.45, 7) is 0.524. The average Bonchev–Trinajstić information content (AvgIpc) is 2.56. The first-order chi connectivity index (χ1) is 10.7. The Balaban J connectivity index is 1.94. The number of hydrogen-bond donors (Lipinski definition) is 0. The van der Waals surface area contributed by atoms with Crippen molar-refractivity contribution in [2.24, 2.45) is 4.99 Å². The van der Waals surface area contributed by atoms with E-state index >= 15 is 0 Å². The Morgan fingerprint density at radius 1 is 1.00 bits per heavy atom. The molecular weight excluding hydrogens is 281 g/mol. The summed E-state index contributed by atoms with van der Waals surface area (Å²) < 4.78 is 23.2. The zero-order valence-electron chi connectivity index (χ0n) is 12.6. The Labute approximate surface area is 129 Å². The summed E-state index contributed by atoms with van der Waals surface area (Å²) in [5, 5.41) is 0. The van der Waals surface area contributed by atoms with E-state index in [0.717, 1.165) is 11.1 Å². The summed E-state index contributed by atoms with van der Waals surface area (Å²) in [5.41, 5.74) is 1.96. The zero-order valence-corrected chi connectivity index (χ0v) is 12.6. The SMILES string of the molecule is COc1ccc(C=CC=NCc2ccc(F)cc2)cc1OC. The van der Waals surface area contributed by atoms with E-state index in [4.69, 9.17) is 9.47 Å². The lowest BCUT2D eigenvalue weighted by molar-refractivity contribution is 0.355. The number of ether oxygens (including phenoxy) is 2. The summed E-state index contributed by atoms with van der Waals surface area (Å²) in [4.78, 5) is 4.27. The second-order valence-electron chi connectivity index (χ2n) is 4.59. The van der Waals surface area contributed by atoms with Gasteiger partial charge in [-0.2, -0.15) is 0 Å². The molecule has 0 N–H and O–H groups in total. The van der Waals surface area contributed by atoms with Crippen LogP contribution in [0.5, 0.6) is 11.5 Å². The minimum atomic E-state index is -0.235. The van der Waals surface area contributed by atoms with E-state index < -0.39 is 0 Å². The minimum absolute atomic E-state index is 0.235. The number of aliphatic imine (C=N–C) groups is 1. The van der Waals surface area contributed by atoms with Crippen LogP contribution in [-0.2, 0) is 6.54 Å². The van der Waals surface area contributed by atoms with Crippen LogP contribution in [-0.4, -0.2) is 20.4 Å². The van der Waals surface area contributed by atoms with Gasteiger partial charge in [-0.15, -0.1) is 0 Å². The van der Waals surface area contributed by atoms with E-state index in [1.807, 2.05) is 30.4 Å². The number of benzene rings is 2. The Morgan fingerprint density at radius 3 is 2.41 bits per heavy atom. The van der Waals surface area contributed by atoms with E-state index in [9.17, 15) is 4.39 Å². The lowest BCUT2D eigenvalue weighted by Crippen LogP contribution is -1.90. The summed E-state index contributed by atoms with van der Waals surface area (Å²) in [5.74, 6) is 1.15. The number of halogens is 1. The molecule has 0 aliphatic heterocycles. The minimum Gasteiger partial charge on any atom is -0.493 e. The molecule has 0 saturated heterocycles. The monoisotopic (exact) mass is 299 g/mol. The molecule has 0 spiro atoms. The van der Waals surface area contributed by atoms with Crippen LogP contribution in [0.1, 0.15) is 11.1 Å². The van der Waals surface area contributed by atoms with Crippen LogP contribution in [0.2, 0.25) is 0 Å². The van der Waals surface area contributed by atoms with Crippen LogP contribution in [0.3, 0.4) is 0 Å². The van der Waals surface area contributed by atoms with E-state index in [-0.39, 0.29) is 5.82 Å². The first-order valence-electron chi connectivity index (χ1n) is 6.86. The highest BCUT2D eigenvalue weighted by atomic mass is 19.1. The molecule has 114 valence electrons. The maximum atomic E-state index is 12.8. The van der Waals surface area contributed by atoms with Crippen LogP contribution in [0.4, 0.5) is 4.39 Å². The van der Waals surface area contributed by atoms with Crippen molar-refractivity contribution >= 4 is 12.3 Å². The molecule has 0 fully saturated rings. The Kier molecular flexibility index (Phi) is 5.72. The van der Waals surface area contributed by atoms with E-state index in [1.54, 1.807) is 32.6 Å². The van der Waals surface area contributed by atoms with Gasteiger partial charge in [0.25, 0.3) is 0 Å². The van der Waals surface area contributed by atoms with Gasteiger partial charge in [0.05, 0.1) is 20.8 Å². The smallest absolute Gasteiger partial charge is 0.161 e.